The summed E-state index contributed by atoms with van der Waals surface area (Å²) in [5, 5.41) is 0. The Kier molecular flexibility index (Phi) is 4.77. The van der Waals surface area contributed by atoms with Crippen LogP contribution in [0, 0.1) is 0 Å². The number of ether oxygens (including phenoxy) is 1. The summed E-state index contributed by atoms with van der Waals surface area (Å²) in [6, 6.07) is 1.62. The highest BCUT2D eigenvalue weighted by molar-refractivity contribution is 5.93. The molecule has 0 unspecified atom stereocenters. The fraction of sp³-hybridized carbons (Fsp3) is 0.417. The number of carbonyl (C=O) groups is 2. The summed E-state index contributed by atoms with van der Waals surface area (Å²) < 4.78 is 41.8. The number of rotatable bonds is 1. The van der Waals surface area contributed by atoms with Gasteiger partial charge >= 0.3 is 12.3 Å². The maximum absolute atomic E-state index is 12.3. The van der Waals surface area contributed by atoms with Gasteiger partial charge in [0, 0.05) is 6.20 Å². The van der Waals surface area contributed by atoms with Crippen molar-refractivity contribution in [3.8, 4) is 0 Å². The van der Waals surface area contributed by atoms with E-state index in [9.17, 15) is 22.8 Å². The molecule has 0 aromatic carbocycles. The molecule has 0 aliphatic rings. The van der Waals surface area contributed by atoms with E-state index in [0.717, 1.165) is 12.1 Å². The van der Waals surface area contributed by atoms with Gasteiger partial charge in [-0.25, -0.2) is 10.2 Å². The van der Waals surface area contributed by atoms with Gasteiger partial charge in [-0.3, -0.25) is 15.2 Å². The second-order valence-electron chi connectivity index (χ2n) is 5.01. The van der Waals surface area contributed by atoms with Gasteiger partial charge in [-0.1, -0.05) is 0 Å². The predicted molar refractivity (Wildman–Crippen MR) is 66.1 cm³/mol. The minimum Gasteiger partial charge on any atom is -0.443 e. The van der Waals surface area contributed by atoms with Crippen molar-refractivity contribution in [1.29, 1.82) is 0 Å². The van der Waals surface area contributed by atoms with Crippen molar-refractivity contribution >= 4 is 12.0 Å². The third-order valence-corrected chi connectivity index (χ3v) is 2.00. The molecule has 1 rings (SSSR count). The van der Waals surface area contributed by atoms with E-state index in [1.165, 1.54) is 0 Å². The Morgan fingerprint density at radius 2 is 1.76 bits per heavy atom. The molecule has 0 atom stereocenters. The lowest BCUT2D eigenvalue weighted by Gasteiger charge is -2.19. The third kappa shape index (κ3) is 5.67. The Hall–Kier alpha value is -2.32. The van der Waals surface area contributed by atoms with Crippen LogP contribution in [-0.4, -0.2) is 22.6 Å². The van der Waals surface area contributed by atoms with Gasteiger partial charge < -0.3 is 4.74 Å². The van der Waals surface area contributed by atoms with E-state index in [0.29, 0.717) is 6.20 Å². The van der Waals surface area contributed by atoms with Crippen molar-refractivity contribution in [3.63, 3.8) is 0 Å². The second kappa shape index (κ2) is 5.98. The highest BCUT2D eigenvalue weighted by Gasteiger charge is 2.31. The molecule has 0 saturated carbocycles. The summed E-state index contributed by atoms with van der Waals surface area (Å²) in [5.74, 6) is -0.866. The van der Waals surface area contributed by atoms with Crippen LogP contribution in [0.4, 0.5) is 18.0 Å². The van der Waals surface area contributed by atoms with E-state index in [1.807, 2.05) is 10.9 Å². The van der Waals surface area contributed by atoms with Crippen LogP contribution in [0.1, 0.15) is 36.8 Å². The number of amides is 2. The largest absolute Gasteiger partial charge is 0.443 e. The highest BCUT2D eigenvalue weighted by Crippen LogP contribution is 2.28. The van der Waals surface area contributed by atoms with E-state index in [4.69, 9.17) is 4.74 Å². The maximum Gasteiger partial charge on any atom is 0.426 e. The standard InChI is InChI=1S/C12H14F3N3O3/c1-11(2,3)21-10(20)18-17-9(19)8-5-4-7(6-16-8)12(13,14)15/h4-6H,1-3H3,(H,17,19)(H,18,20). The first-order valence-electron chi connectivity index (χ1n) is 5.81. The molecule has 6 nitrogen and oxygen atoms in total. The van der Waals surface area contributed by atoms with Crippen molar-refractivity contribution in [1.82, 2.24) is 15.8 Å². The number of halogens is 3. The van der Waals surface area contributed by atoms with Gasteiger partial charge in [-0.15, -0.1) is 0 Å². The first-order valence-corrected chi connectivity index (χ1v) is 5.81. The molecule has 0 fully saturated rings. The second-order valence-corrected chi connectivity index (χ2v) is 5.01. The Labute approximate surface area is 118 Å². The van der Waals surface area contributed by atoms with Crippen LogP contribution >= 0.6 is 0 Å². The Bertz CT molecular complexity index is 521. The molecule has 116 valence electrons. The Balaban J connectivity index is 2.59. The predicted octanol–water partition coefficient (Wildman–Crippen LogP) is 2.27. The number of nitrogens with one attached hydrogen (secondary N) is 2. The van der Waals surface area contributed by atoms with Crippen LogP contribution in [0.15, 0.2) is 18.3 Å². The molecule has 0 spiro atoms. The maximum atomic E-state index is 12.3. The molecular weight excluding hydrogens is 291 g/mol. The molecule has 1 aromatic heterocycles. The molecule has 1 aromatic rings. The molecule has 0 saturated heterocycles. The third-order valence-electron chi connectivity index (χ3n) is 2.00. The number of alkyl halides is 3. The molecular formula is C12H14F3N3O3. The summed E-state index contributed by atoms with van der Waals surface area (Å²) in [6.07, 6.45) is -4.90. The molecule has 9 heteroatoms. The zero-order valence-corrected chi connectivity index (χ0v) is 11.5. The summed E-state index contributed by atoms with van der Waals surface area (Å²) in [7, 11) is 0. The fourth-order valence-electron chi connectivity index (χ4n) is 1.17. The van der Waals surface area contributed by atoms with Crippen molar-refractivity contribution in [3.05, 3.63) is 29.6 Å². The lowest BCUT2D eigenvalue weighted by atomic mass is 10.2. The van der Waals surface area contributed by atoms with Crippen LogP contribution in [0.3, 0.4) is 0 Å². The number of hydrogen-bond donors (Lipinski definition) is 2. The van der Waals surface area contributed by atoms with Crippen molar-refractivity contribution < 1.29 is 27.5 Å². The highest BCUT2D eigenvalue weighted by atomic mass is 19.4. The first-order chi connectivity index (χ1) is 9.49. The average molecular weight is 305 g/mol. The van der Waals surface area contributed by atoms with Crippen LogP contribution in [0.25, 0.3) is 0 Å². The van der Waals surface area contributed by atoms with Crippen LogP contribution in [-0.2, 0) is 10.9 Å². The van der Waals surface area contributed by atoms with Gasteiger partial charge in [0.25, 0.3) is 5.91 Å². The zero-order valence-electron chi connectivity index (χ0n) is 11.5. The van der Waals surface area contributed by atoms with Gasteiger partial charge in [0.05, 0.1) is 5.56 Å². The molecule has 0 aliphatic heterocycles. The molecule has 0 bridgehead atoms. The molecule has 21 heavy (non-hydrogen) atoms. The van der Waals surface area contributed by atoms with E-state index in [-0.39, 0.29) is 5.69 Å². The summed E-state index contributed by atoms with van der Waals surface area (Å²) in [5.41, 5.74) is 1.93. The average Bonchev–Trinajstić information content (AvgIpc) is 2.33. The van der Waals surface area contributed by atoms with Crippen molar-refractivity contribution in [2.24, 2.45) is 0 Å². The normalized spacial score (nSPS) is 11.7. The molecule has 0 radical (unpaired) electrons. The minimum atomic E-state index is -4.53. The van der Waals surface area contributed by atoms with Crippen molar-refractivity contribution in [2.75, 3.05) is 0 Å². The monoisotopic (exact) mass is 305 g/mol. The summed E-state index contributed by atoms with van der Waals surface area (Å²) in [6.45, 7) is 4.89. The fourth-order valence-corrected chi connectivity index (χ4v) is 1.17. The van der Waals surface area contributed by atoms with E-state index in [1.54, 1.807) is 20.8 Å². The molecule has 0 aliphatic carbocycles. The lowest BCUT2D eigenvalue weighted by molar-refractivity contribution is -0.137. The zero-order chi connectivity index (χ0) is 16.3. The van der Waals surface area contributed by atoms with E-state index >= 15 is 0 Å². The smallest absolute Gasteiger partial charge is 0.426 e. The van der Waals surface area contributed by atoms with E-state index < -0.39 is 29.3 Å². The van der Waals surface area contributed by atoms with Crippen molar-refractivity contribution in [2.45, 2.75) is 32.5 Å². The number of hydrogen-bond acceptors (Lipinski definition) is 4. The minimum absolute atomic E-state index is 0.279. The number of aromatic nitrogens is 1. The number of nitrogens with zero attached hydrogens (tertiary/aromatic N) is 1. The van der Waals surface area contributed by atoms with E-state index in [2.05, 4.69) is 4.98 Å². The number of pyridine rings is 1. The van der Waals surface area contributed by atoms with Crippen LogP contribution < -0.4 is 10.9 Å². The first kappa shape index (κ1) is 16.7. The van der Waals surface area contributed by atoms with Gasteiger partial charge in [-0.2, -0.15) is 13.2 Å². The topological polar surface area (TPSA) is 80.3 Å². The van der Waals surface area contributed by atoms with Gasteiger partial charge in [-0.05, 0) is 32.9 Å². The molecule has 2 N–H and O–H groups in total. The van der Waals surface area contributed by atoms with Gasteiger partial charge in [0.2, 0.25) is 0 Å². The number of hydrazine groups is 1. The Morgan fingerprint density at radius 1 is 1.14 bits per heavy atom. The summed E-state index contributed by atoms with van der Waals surface area (Å²) >= 11 is 0. The molecule has 2 amide bonds. The summed E-state index contributed by atoms with van der Waals surface area (Å²) in [4.78, 5) is 26.2. The van der Waals surface area contributed by atoms with Crippen LogP contribution in [0.2, 0.25) is 0 Å². The lowest BCUT2D eigenvalue weighted by Crippen LogP contribution is -2.44. The van der Waals surface area contributed by atoms with Gasteiger partial charge in [0.1, 0.15) is 11.3 Å². The Morgan fingerprint density at radius 3 is 2.19 bits per heavy atom. The van der Waals surface area contributed by atoms with Crippen LogP contribution in [0.5, 0.6) is 0 Å². The quantitative estimate of drug-likeness (QED) is 0.780. The SMILES string of the molecule is CC(C)(C)OC(=O)NNC(=O)c1ccc(C(F)(F)F)cn1. The molecule has 1 heterocycles. The van der Waals surface area contributed by atoms with Gasteiger partial charge in [0.15, 0.2) is 0 Å². The number of carbonyl (C=O) groups excluding carboxylic acids is 2.